The first kappa shape index (κ1) is 20.0. The standard InChI is InChI=1S/C24H25N7O/c1-4-19-18(14-26-31(19)20-12-8-6-10-16(20)3)25-15-22-27-28-24-29(5-2)23(32)17-11-7-9-13-21(17)30(22)24/h6-14,25H,4-5,15H2,1-3H3. The van der Waals surface area contributed by atoms with E-state index in [4.69, 9.17) is 0 Å². The lowest BCUT2D eigenvalue weighted by atomic mass is 10.2. The first-order valence-corrected chi connectivity index (χ1v) is 10.9. The Morgan fingerprint density at radius 1 is 1.00 bits per heavy atom. The highest BCUT2D eigenvalue weighted by molar-refractivity contribution is 5.80. The number of fused-ring (bicyclic) bond motifs is 3. The lowest BCUT2D eigenvalue weighted by molar-refractivity contribution is 0.734. The summed E-state index contributed by atoms with van der Waals surface area (Å²) in [7, 11) is 0. The van der Waals surface area contributed by atoms with Crippen LogP contribution in [-0.4, -0.2) is 28.9 Å². The van der Waals surface area contributed by atoms with E-state index in [-0.39, 0.29) is 5.56 Å². The van der Waals surface area contributed by atoms with Gasteiger partial charge in [0, 0.05) is 6.54 Å². The highest BCUT2D eigenvalue weighted by Crippen LogP contribution is 2.23. The molecule has 162 valence electrons. The Hall–Kier alpha value is -3.94. The maximum Gasteiger partial charge on any atom is 0.262 e. The molecule has 8 heteroatoms. The largest absolute Gasteiger partial charge is 0.375 e. The number of anilines is 1. The van der Waals surface area contributed by atoms with E-state index in [1.54, 1.807) is 4.57 Å². The van der Waals surface area contributed by atoms with Crippen LogP contribution in [0.25, 0.3) is 22.4 Å². The highest BCUT2D eigenvalue weighted by atomic mass is 16.1. The molecular formula is C24H25N7O. The van der Waals surface area contributed by atoms with Crippen molar-refractivity contribution in [2.24, 2.45) is 0 Å². The third-order valence-corrected chi connectivity index (χ3v) is 5.88. The molecule has 0 aliphatic carbocycles. The molecular weight excluding hydrogens is 402 g/mol. The molecule has 0 fully saturated rings. The summed E-state index contributed by atoms with van der Waals surface area (Å²) in [5, 5.41) is 17.5. The molecule has 5 aromatic rings. The van der Waals surface area contributed by atoms with Crippen molar-refractivity contribution in [1.82, 2.24) is 28.9 Å². The van der Waals surface area contributed by atoms with Crippen LogP contribution in [0.3, 0.4) is 0 Å². The number of nitrogens with one attached hydrogen (secondary N) is 1. The van der Waals surface area contributed by atoms with Gasteiger partial charge < -0.3 is 5.32 Å². The van der Waals surface area contributed by atoms with Gasteiger partial charge in [-0.25, -0.2) is 4.68 Å². The van der Waals surface area contributed by atoms with Crippen LogP contribution in [0, 0.1) is 6.92 Å². The van der Waals surface area contributed by atoms with Crippen molar-refractivity contribution >= 4 is 22.4 Å². The Balaban J connectivity index is 1.55. The van der Waals surface area contributed by atoms with Crippen LogP contribution in [0.1, 0.15) is 30.9 Å². The van der Waals surface area contributed by atoms with Gasteiger partial charge in [0.2, 0.25) is 5.78 Å². The van der Waals surface area contributed by atoms with Gasteiger partial charge in [-0.1, -0.05) is 37.3 Å². The van der Waals surface area contributed by atoms with Crippen LogP contribution >= 0.6 is 0 Å². The zero-order valence-electron chi connectivity index (χ0n) is 18.4. The minimum absolute atomic E-state index is 0.0460. The van der Waals surface area contributed by atoms with Gasteiger partial charge in [0.05, 0.1) is 40.7 Å². The van der Waals surface area contributed by atoms with Crippen LogP contribution in [0.4, 0.5) is 5.69 Å². The number of benzene rings is 2. The second kappa shape index (κ2) is 7.96. The zero-order valence-corrected chi connectivity index (χ0v) is 18.4. The lowest BCUT2D eigenvalue weighted by Crippen LogP contribution is -2.23. The molecule has 3 heterocycles. The predicted molar refractivity (Wildman–Crippen MR) is 125 cm³/mol. The number of rotatable bonds is 6. The highest BCUT2D eigenvalue weighted by Gasteiger charge is 2.17. The van der Waals surface area contributed by atoms with E-state index in [9.17, 15) is 4.79 Å². The maximum absolute atomic E-state index is 12.9. The SMILES string of the molecule is CCc1c(NCc2nnc3n(CC)c(=O)c4ccccc4n23)cnn1-c1ccccc1C. The second-order valence-corrected chi connectivity index (χ2v) is 7.73. The van der Waals surface area contributed by atoms with Gasteiger partial charge in [-0.05, 0) is 44.0 Å². The number of para-hydroxylation sites is 2. The molecule has 0 bridgehead atoms. The van der Waals surface area contributed by atoms with E-state index < -0.39 is 0 Å². The Bertz CT molecular complexity index is 1490. The van der Waals surface area contributed by atoms with Crippen molar-refractivity contribution < 1.29 is 0 Å². The molecule has 5 rings (SSSR count). The van der Waals surface area contributed by atoms with E-state index in [1.807, 2.05) is 58.6 Å². The van der Waals surface area contributed by atoms with Gasteiger partial charge in [-0.15, -0.1) is 10.2 Å². The molecule has 0 aliphatic heterocycles. The fourth-order valence-electron chi connectivity index (χ4n) is 4.26. The van der Waals surface area contributed by atoms with Crippen LogP contribution in [-0.2, 0) is 19.5 Å². The monoisotopic (exact) mass is 427 g/mol. The summed E-state index contributed by atoms with van der Waals surface area (Å²) in [4.78, 5) is 12.9. The third kappa shape index (κ3) is 3.07. The van der Waals surface area contributed by atoms with Crippen molar-refractivity contribution in [3.05, 3.63) is 82.2 Å². The number of nitrogens with zero attached hydrogens (tertiary/aromatic N) is 6. The molecule has 32 heavy (non-hydrogen) atoms. The lowest BCUT2D eigenvalue weighted by Gasteiger charge is -2.12. The summed E-state index contributed by atoms with van der Waals surface area (Å²) in [6.45, 7) is 7.14. The van der Waals surface area contributed by atoms with Crippen LogP contribution in [0.15, 0.2) is 59.5 Å². The van der Waals surface area contributed by atoms with Gasteiger partial charge >= 0.3 is 0 Å². The van der Waals surface area contributed by atoms with Crippen LogP contribution in [0.5, 0.6) is 0 Å². The number of hydrogen-bond donors (Lipinski definition) is 1. The Kier molecular flexibility index (Phi) is 4.97. The van der Waals surface area contributed by atoms with Crippen LogP contribution < -0.4 is 10.9 Å². The number of hydrogen-bond acceptors (Lipinski definition) is 5. The molecule has 0 saturated heterocycles. The summed E-state index contributed by atoms with van der Waals surface area (Å²) in [5.74, 6) is 1.29. The minimum Gasteiger partial charge on any atom is -0.375 e. The molecule has 2 aromatic carbocycles. The fourth-order valence-corrected chi connectivity index (χ4v) is 4.26. The number of aryl methyl sites for hydroxylation is 2. The van der Waals surface area contributed by atoms with E-state index in [0.29, 0.717) is 24.3 Å². The minimum atomic E-state index is -0.0460. The summed E-state index contributed by atoms with van der Waals surface area (Å²) in [6.07, 6.45) is 2.68. The van der Waals surface area contributed by atoms with Crippen molar-refractivity contribution in [3.63, 3.8) is 0 Å². The maximum atomic E-state index is 12.9. The van der Waals surface area contributed by atoms with Gasteiger partial charge in [-0.2, -0.15) is 5.10 Å². The van der Waals surface area contributed by atoms with Crippen molar-refractivity contribution in [2.45, 2.75) is 40.3 Å². The smallest absolute Gasteiger partial charge is 0.262 e. The average Bonchev–Trinajstić information content (AvgIpc) is 3.42. The summed E-state index contributed by atoms with van der Waals surface area (Å²) in [6, 6.07) is 15.8. The first-order chi connectivity index (χ1) is 15.6. The summed E-state index contributed by atoms with van der Waals surface area (Å²) >= 11 is 0. The van der Waals surface area contributed by atoms with Gasteiger partial charge in [-0.3, -0.25) is 13.8 Å². The van der Waals surface area contributed by atoms with E-state index in [1.165, 1.54) is 5.56 Å². The first-order valence-electron chi connectivity index (χ1n) is 10.9. The van der Waals surface area contributed by atoms with Gasteiger partial charge in [0.1, 0.15) is 0 Å². The van der Waals surface area contributed by atoms with Gasteiger partial charge in [0.15, 0.2) is 5.82 Å². The molecule has 0 amide bonds. The quantitative estimate of drug-likeness (QED) is 0.446. The van der Waals surface area contributed by atoms with Crippen molar-refractivity contribution in [2.75, 3.05) is 5.32 Å². The molecule has 0 saturated carbocycles. The topological polar surface area (TPSA) is 82.0 Å². The molecule has 1 N–H and O–H groups in total. The van der Waals surface area contributed by atoms with E-state index in [2.05, 4.69) is 46.6 Å². The fraction of sp³-hybridized carbons (Fsp3) is 0.250. The van der Waals surface area contributed by atoms with E-state index >= 15 is 0 Å². The summed E-state index contributed by atoms with van der Waals surface area (Å²) in [5.41, 5.74) is 5.07. The second-order valence-electron chi connectivity index (χ2n) is 7.73. The molecule has 3 aromatic heterocycles. The molecule has 8 nitrogen and oxygen atoms in total. The molecule has 0 atom stereocenters. The Morgan fingerprint density at radius 3 is 2.56 bits per heavy atom. The Morgan fingerprint density at radius 2 is 1.78 bits per heavy atom. The molecule has 0 radical (unpaired) electrons. The van der Waals surface area contributed by atoms with Crippen molar-refractivity contribution in [1.29, 1.82) is 0 Å². The zero-order chi connectivity index (χ0) is 22.2. The molecule has 0 spiro atoms. The molecule has 0 unspecified atom stereocenters. The van der Waals surface area contributed by atoms with Gasteiger partial charge in [0.25, 0.3) is 5.56 Å². The number of aromatic nitrogens is 6. The molecule has 0 aliphatic rings. The third-order valence-electron chi connectivity index (χ3n) is 5.88. The average molecular weight is 428 g/mol. The van der Waals surface area contributed by atoms with Crippen molar-refractivity contribution in [3.8, 4) is 5.69 Å². The predicted octanol–water partition coefficient (Wildman–Crippen LogP) is 3.73. The Labute approximate surface area is 185 Å². The van der Waals surface area contributed by atoms with Crippen LogP contribution in [0.2, 0.25) is 0 Å². The normalized spacial score (nSPS) is 11.5. The summed E-state index contributed by atoms with van der Waals surface area (Å²) < 4.78 is 5.61. The van der Waals surface area contributed by atoms with E-state index in [0.717, 1.165) is 34.8 Å².